The predicted octanol–water partition coefficient (Wildman–Crippen LogP) is 1.99. The van der Waals surface area contributed by atoms with Crippen molar-refractivity contribution in [3.63, 3.8) is 0 Å². The van der Waals surface area contributed by atoms with E-state index in [2.05, 4.69) is 0 Å². The van der Waals surface area contributed by atoms with Gasteiger partial charge in [0.2, 0.25) is 0 Å². The molecular formula is C7H6FN. The molecule has 1 nitrogen and oxygen atoms in total. The van der Waals surface area contributed by atoms with Crippen LogP contribution in [-0.2, 0) is 0 Å². The van der Waals surface area contributed by atoms with E-state index in [9.17, 15) is 4.39 Å². The molecule has 1 N–H and O–H groups in total. The monoisotopic (exact) mass is 123 g/mol. The molecule has 0 heterocycles. The molecule has 1 aliphatic rings. The van der Waals surface area contributed by atoms with Crippen LogP contribution >= 0.6 is 0 Å². The summed E-state index contributed by atoms with van der Waals surface area (Å²) in [4.78, 5) is 0. The second kappa shape index (κ2) is 2.40. The van der Waals surface area contributed by atoms with E-state index in [1.165, 1.54) is 0 Å². The molecular weight excluding hydrogens is 117 g/mol. The third-order valence-electron chi connectivity index (χ3n) is 1.08. The predicted molar refractivity (Wildman–Crippen MR) is 35.2 cm³/mol. The Bertz CT molecular complexity index is 211. The van der Waals surface area contributed by atoms with Gasteiger partial charge in [0, 0.05) is 5.57 Å². The van der Waals surface area contributed by atoms with E-state index in [-0.39, 0.29) is 5.71 Å². The summed E-state index contributed by atoms with van der Waals surface area (Å²) in [6, 6.07) is 0. The van der Waals surface area contributed by atoms with Gasteiger partial charge in [0.05, 0.1) is 12.0 Å². The molecule has 1 rings (SSSR count). The number of halogens is 1. The molecule has 0 fully saturated rings. The first-order valence-electron chi connectivity index (χ1n) is 2.58. The fourth-order valence-electron chi connectivity index (χ4n) is 0.592. The van der Waals surface area contributed by atoms with Gasteiger partial charge in [-0.3, -0.25) is 0 Å². The van der Waals surface area contributed by atoms with Gasteiger partial charge in [0.1, 0.15) is 0 Å². The Labute approximate surface area is 52.7 Å². The van der Waals surface area contributed by atoms with Crippen LogP contribution in [0.5, 0.6) is 0 Å². The van der Waals surface area contributed by atoms with E-state index in [0.29, 0.717) is 11.9 Å². The minimum absolute atomic E-state index is 0.222. The summed E-state index contributed by atoms with van der Waals surface area (Å²) in [5, 5.41) is 7.10. The van der Waals surface area contributed by atoms with Crippen LogP contribution in [-0.4, -0.2) is 5.71 Å². The summed E-state index contributed by atoms with van der Waals surface area (Å²) < 4.78 is 11.7. The molecule has 0 radical (unpaired) electrons. The SMILES string of the molecule is N=C1C=CC=C/C1=C/F. The standard InChI is InChI=1S/C7H6FN/c8-5-6-3-1-2-4-7(6)9/h1-5,9H/b6-5-,9-7?. The average Bonchev–Trinajstić information content (AvgIpc) is 1.89. The number of hydrogen-bond donors (Lipinski definition) is 1. The third kappa shape index (κ3) is 1.13. The smallest absolute Gasteiger partial charge is 0.0960 e. The Kier molecular flexibility index (Phi) is 1.58. The van der Waals surface area contributed by atoms with Crippen molar-refractivity contribution in [3.05, 3.63) is 36.2 Å². The van der Waals surface area contributed by atoms with E-state index in [1.807, 2.05) is 0 Å². The Morgan fingerprint density at radius 2 is 2.00 bits per heavy atom. The molecule has 46 valence electrons. The van der Waals surface area contributed by atoms with E-state index >= 15 is 0 Å². The minimum Gasteiger partial charge on any atom is -0.300 e. The maximum atomic E-state index is 11.7. The van der Waals surface area contributed by atoms with Crippen LogP contribution in [0, 0.1) is 5.41 Å². The van der Waals surface area contributed by atoms with Crippen LogP contribution in [0.25, 0.3) is 0 Å². The van der Waals surface area contributed by atoms with Crippen LogP contribution in [0.3, 0.4) is 0 Å². The Hall–Kier alpha value is -1.18. The van der Waals surface area contributed by atoms with Crippen molar-refractivity contribution >= 4 is 5.71 Å². The van der Waals surface area contributed by atoms with Gasteiger partial charge in [-0.15, -0.1) is 0 Å². The highest BCUT2D eigenvalue weighted by molar-refractivity contribution is 6.09. The van der Waals surface area contributed by atoms with Crippen LogP contribution < -0.4 is 0 Å². The molecule has 0 aromatic rings. The van der Waals surface area contributed by atoms with Crippen molar-refractivity contribution < 1.29 is 4.39 Å². The van der Waals surface area contributed by atoms with Crippen molar-refractivity contribution in [2.45, 2.75) is 0 Å². The molecule has 1 aliphatic carbocycles. The molecule has 0 amide bonds. The number of rotatable bonds is 0. The van der Waals surface area contributed by atoms with E-state index in [0.717, 1.165) is 0 Å². The molecule has 0 saturated heterocycles. The fraction of sp³-hybridized carbons (Fsp3) is 0. The molecule has 0 saturated carbocycles. The second-order valence-electron chi connectivity index (χ2n) is 1.70. The first-order chi connectivity index (χ1) is 4.34. The van der Waals surface area contributed by atoms with Gasteiger partial charge in [-0.1, -0.05) is 18.2 Å². The molecule has 0 unspecified atom stereocenters. The van der Waals surface area contributed by atoms with E-state index < -0.39 is 0 Å². The quantitative estimate of drug-likeness (QED) is 0.509. The third-order valence-corrected chi connectivity index (χ3v) is 1.08. The highest BCUT2D eigenvalue weighted by Gasteiger charge is 1.98. The molecule has 0 aliphatic heterocycles. The molecule has 0 atom stereocenters. The lowest BCUT2D eigenvalue weighted by Gasteiger charge is -1.98. The second-order valence-corrected chi connectivity index (χ2v) is 1.70. The Morgan fingerprint density at radius 3 is 2.44 bits per heavy atom. The van der Waals surface area contributed by atoms with Gasteiger partial charge < -0.3 is 5.41 Å². The van der Waals surface area contributed by atoms with Crippen molar-refractivity contribution in [1.29, 1.82) is 5.41 Å². The first kappa shape index (κ1) is 5.95. The summed E-state index contributed by atoms with van der Waals surface area (Å²) in [5.41, 5.74) is 0.553. The maximum absolute atomic E-state index is 11.7. The summed E-state index contributed by atoms with van der Waals surface area (Å²) >= 11 is 0. The van der Waals surface area contributed by atoms with Gasteiger partial charge in [-0.05, 0) is 6.08 Å². The Morgan fingerprint density at radius 1 is 1.33 bits per heavy atom. The normalized spacial score (nSPS) is 21.4. The largest absolute Gasteiger partial charge is 0.300 e. The summed E-state index contributed by atoms with van der Waals surface area (Å²) in [7, 11) is 0. The van der Waals surface area contributed by atoms with E-state index in [1.54, 1.807) is 24.3 Å². The van der Waals surface area contributed by atoms with Gasteiger partial charge in [-0.2, -0.15) is 0 Å². The molecule has 9 heavy (non-hydrogen) atoms. The molecule has 0 aromatic carbocycles. The maximum Gasteiger partial charge on any atom is 0.0960 e. The van der Waals surface area contributed by atoms with Crippen LogP contribution in [0.4, 0.5) is 4.39 Å². The number of hydrogen-bond acceptors (Lipinski definition) is 1. The first-order valence-corrected chi connectivity index (χ1v) is 2.58. The minimum atomic E-state index is 0.222. The topological polar surface area (TPSA) is 23.9 Å². The fourth-order valence-corrected chi connectivity index (χ4v) is 0.592. The van der Waals surface area contributed by atoms with Crippen LogP contribution in [0.2, 0.25) is 0 Å². The lowest BCUT2D eigenvalue weighted by molar-refractivity contribution is 0.717. The van der Waals surface area contributed by atoms with Crippen LogP contribution in [0.15, 0.2) is 36.2 Å². The molecule has 2 heteroatoms. The lowest BCUT2D eigenvalue weighted by Crippen LogP contribution is -1.95. The summed E-state index contributed by atoms with van der Waals surface area (Å²) in [6.45, 7) is 0. The van der Waals surface area contributed by atoms with E-state index in [4.69, 9.17) is 5.41 Å². The van der Waals surface area contributed by atoms with Gasteiger partial charge >= 0.3 is 0 Å². The number of allylic oxidation sites excluding steroid dienone is 5. The summed E-state index contributed by atoms with van der Waals surface area (Å²) in [5.74, 6) is 0. The zero-order valence-corrected chi connectivity index (χ0v) is 4.76. The molecule has 0 bridgehead atoms. The van der Waals surface area contributed by atoms with Gasteiger partial charge in [0.25, 0.3) is 0 Å². The summed E-state index contributed by atoms with van der Waals surface area (Å²) in [6.07, 6.45) is 6.94. The number of nitrogens with one attached hydrogen (secondary N) is 1. The van der Waals surface area contributed by atoms with Crippen molar-refractivity contribution in [3.8, 4) is 0 Å². The molecule has 0 spiro atoms. The lowest BCUT2D eigenvalue weighted by atomic mass is 10.1. The van der Waals surface area contributed by atoms with Crippen molar-refractivity contribution in [2.24, 2.45) is 0 Å². The zero-order valence-electron chi connectivity index (χ0n) is 4.76. The van der Waals surface area contributed by atoms with Crippen molar-refractivity contribution in [1.82, 2.24) is 0 Å². The highest BCUT2D eigenvalue weighted by Crippen LogP contribution is 2.05. The van der Waals surface area contributed by atoms with Crippen LogP contribution in [0.1, 0.15) is 0 Å². The van der Waals surface area contributed by atoms with Gasteiger partial charge in [-0.25, -0.2) is 4.39 Å². The average molecular weight is 123 g/mol. The van der Waals surface area contributed by atoms with Crippen molar-refractivity contribution in [2.75, 3.05) is 0 Å². The van der Waals surface area contributed by atoms with Gasteiger partial charge in [0.15, 0.2) is 0 Å². The Balaban J connectivity index is 2.91. The zero-order chi connectivity index (χ0) is 6.69. The molecule has 0 aromatic heterocycles. The highest BCUT2D eigenvalue weighted by atomic mass is 19.1.